The molecule has 0 saturated carbocycles. The molecule has 452 valence electrons. The summed E-state index contributed by atoms with van der Waals surface area (Å²) in [6.45, 7) is 12.8. The molecule has 0 N–H and O–H groups in total. The molecule has 8 aromatic rings. The van der Waals surface area contributed by atoms with E-state index in [4.69, 9.17) is 9.47 Å². The molecule has 0 aliphatic rings. The fourth-order valence-electron chi connectivity index (χ4n) is 6.58. The fourth-order valence-corrected chi connectivity index (χ4v) is 26.8. The van der Waals surface area contributed by atoms with Crippen LogP contribution in [0.15, 0.2) is 206 Å². The topological polar surface area (TPSA) is 18.5 Å². The predicted molar refractivity (Wildman–Crippen MR) is 396 cm³/mol. The molecule has 10 heteroatoms. The third kappa shape index (κ3) is 42.0. The normalized spacial score (nSPS) is 10.1. The second-order valence-corrected chi connectivity index (χ2v) is 83.4. The van der Waals surface area contributed by atoms with Crippen molar-refractivity contribution in [3.8, 4) is 11.5 Å². The molecule has 0 saturated heterocycles. The average Bonchev–Trinajstić information content (AvgIpc) is 3.48. The van der Waals surface area contributed by atoms with E-state index < -0.39 is 168 Å². The van der Waals surface area contributed by atoms with Crippen LogP contribution in [0.1, 0.15) is 42.5 Å². The van der Waals surface area contributed by atoms with Gasteiger partial charge in [0.1, 0.15) is 0 Å². The zero-order valence-corrected chi connectivity index (χ0v) is 79.9. The number of ether oxygens (including phenoxy) is 2. The summed E-state index contributed by atoms with van der Waals surface area (Å²) in [6.07, 6.45) is 1.25. The Morgan fingerprint density at radius 1 is 0.265 bits per heavy atom. The van der Waals surface area contributed by atoms with Gasteiger partial charge >= 0.3 is 562 Å². The summed E-state index contributed by atoms with van der Waals surface area (Å²) in [4.78, 5) is 19.1. The van der Waals surface area contributed by atoms with Crippen LogP contribution in [0.4, 0.5) is 0 Å². The first kappa shape index (κ1) is 83.2. The maximum absolute atomic E-state index is 5.07. The van der Waals surface area contributed by atoms with E-state index in [2.05, 4.69) is 300 Å². The minimum atomic E-state index is -1.18. The summed E-state index contributed by atoms with van der Waals surface area (Å²) >= 11 is -8.27. The van der Waals surface area contributed by atoms with Gasteiger partial charge in [0, 0.05) is 0 Å². The first-order chi connectivity index (χ1) is 39.3. The van der Waals surface area contributed by atoms with Crippen molar-refractivity contribution in [2.24, 2.45) is 0 Å². The van der Waals surface area contributed by atoms with Crippen LogP contribution in [0.25, 0.3) is 0 Å². The monoisotopic (exact) mass is 2340 g/mol. The van der Waals surface area contributed by atoms with Gasteiger partial charge in [-0.15, -0.1) is 0 Å². The summed E-state index contributed by atoms with van der Waals surface area (Å²) < 4.78 is 42.2. The van der Waals surface area contributed by atoms with Crippen LogP contribution in [0.5, 0.6) is 11.5 Å². The van der Waals surface area contributed by atoms with E-state index in [0.29, 0.717) is 0 Å². The van der Waals surface area contributed by atoms with Crippen LogP contribution in [0, 0.1) is 27.7 Å². The fraction of sp³-hybridized carbons (Fsp3) is 0.342. The molecular formula is C73H108Bi4O2Sb4. The van der Waals surface area contributed by atoms with Crippen molar-refractivity contribution in [1.29, 1.82) is 0 Å². The van der Waals surface area contributed by atoms with Gasteiger partial charge in [0.2, 0.25) is 0 Å². The number of aryl methyl sites for hydroxylation is 4. The summed E-state index contributed by atoms with van der Waals surface area (Å²) in [5, 5.41) is 0. The van der Waals surface area contributed by atoms with E-state index in [9.17, 15) is 0 Å². The van der Waals surface area contributed by atoms with E-state index in [1.807, 2.05) is 24.3 Å². The third-order valence-corrected chi connectivity index (χ3v) is 47.8. The van der Waals surface area contributed by atoms with E-state index in [-0.39, 0.29) is 0 Å². The van der Waals surface area contributed by atoms with E-state index >= 15 is 0 Å². The van der Waals surface area contributed by atoms with Crippen LogP contribution in [-0.4, -0.2) is 182 Å². The minimum absolute atomic E-state index is 0.909. The second kappa shape index (κ2) is 50.9. The van der Waals surface area contributed by atoms with Gasteiger partial charge in [-0.3, -0.25) is 0 Å². The van der Waals surface area contributed by atoms with Crippen LogP contribution in [0.2, 0.25) is 76.0 Å². The van der Waals surface area contributed by atoms with Crippen molar-refractivity contribution >= 4 is 195 Å². The van der Waals surface area contributed by atoms with Gasteiger partial charge in [0.15, 0.2) is 0 Å². The Balaban J connectivity index is 0.000000920. The van der Waals surface area contributed by atoms with Gasteiger partial charge in [-0.05, 0) is 0 Å². The Morgan fingerprint density at radius 2 is 0.446 bits per heavy atom. The average molecular weight is 2340 g/mol. The van der Waals surface area contributed by atoms with Gasteiger partial charge in [-0.25, -0.2) is 0 Å². The zero-order valence-electron chi connectivity index (χ0n) is 55.7. The van der Waals surface area contributed by atoms with Crippen LogP contribution in [0.3, 0.4) is 0 Å². The maximum atomic E-state index is 5.07. The number of rotatable bonds is 10. The molecule has 0 fully saturated rings. The second-order valence-electron chi connectivity index (χ2n) is 21.3. The molecule has 0 aromatic heterocycles. The van der Waals surface area contributed by atoms with Gasteiger partial charge in [0.05, 0.1) is 0 Å². The Labute approximate surface area is 573 Å². The SMILES string of the molecule is CCC.COc1cc[c]([Bi]([CH3])[CH3])cc1.COc1cc[c]([Sb]([CH3])[CH3])cc1.Cc1cc[c]([Bi]([CH3])[CH3])cc1.Cc1cc[c]([Bi]([CH3])[CH3])cc1.Cc1cc[c]([Sb]([CH3])[CH3])cc1.Cc1cc[c]([Sb]([CH3])[CH3])cc1.[CH3][Bi]([CH3])[c]1ccccc1.[CH3][Sb]([CH3])[c]1ccccc1. The molecule has 0 spiro atoms. The number of benzene rings is 8. The number of methoxy groups -OCH3 is 2. The van der Waals surface area contributed by atoms with E-state index in [0.717, 1.165) is 11.5 Å². The van der Waals surface area contributed by atoms with Crippen molar-refractivity contribution in [2.45, 2.75) is 124 Å². The summed E-state index contributed by atoms with van der Waals surface area (Å²) in [6, 6.07) is 74.5. The Kier molecular flexibility index (Phi) is 51.0. The molecule has 0 aliphatic carbocycles. The molecule has 0 heterocycles. The van der Waals surface area contributed by atoms with Crippen LogP contribution in [-0.2, 0) is 0 Å². The van der Waals surface area contributed by atoms with Gasteiger partial charge in [-0.2, -0.15) is 0 Å². The standard InChI is InChI=1S/2C7H7O.4C7H7.2C6H5.C3H8.16CH3.4Bi.4Sb/c2*1-8-7-5-3-2-4-6-7;4*1-7-5-3-2-4-6-7;2*1-2-4-6-5-3-1;1-3-2;;;;;;;;;;;;;;;;;;;;;;;;/h2*3-6H,1H3;4*3-6H,1H3;2*1-5H;3H2,1-2H3;16*1H3;;;;;;;;. The number of hydrogen-bond acceptors (Lipinski definition) is 2. The molecule has 0 bridgehead atoms. The van der Waals surface area contributed by atoms with Crippen molar-refractivity contribution < 1.29 is 9.47 Å². The molecule has 2 nitrogen and oxygen atoms in total. The summed E-state index contributed by atoms with van der Waals surface area (Å²) in [5.74, 6) is 1.91. The van der Waals surface area contributed by atoms with Gasteiger partial charge < -0.3 is 0 Å². The molecule has 8 rings (SSSR count). The van der Waals surface area contributed by atoms with Crippen molar-refractivity contribution in [3.63, 3.8) is 0 Å². The molecule has 83 heavy (non-hydrogen) atoms. The molecule has 0 amide bonds. The van der Waals surface area contributed by atoms with Crippen molar-refractivity contribution in [3.05, 3.63) is 229 Å². The first-order valence-corrected chi connectivity index (χ1v) is 88.6. The predicted octanol–water partition coefficient (Wildman–Crippen LogP) is 15.9. The van der Waals surface area contributed by atoms with Crippen LogP contribution < -0.4 is 36.6 Å². The first-order valence-electron chi connectivity index (χ1n) is 28.3. The van der Waals surface area contributed by atoms with Crippen LogP contribution >= 0.6 is 0 Å². The van der Waals surface area contributed by atoms with Crippen molar-refractivity contribution in [1.82, 2.24) is 0 Å². The van der Waals surface area contributed by atoms with Gasteiger partial charge in [0.25, 0.3) is 0 Å². The molecular weight excluding hydrogens is 2230 g/mol. The molecule has 8 aromatic carbocycles. The zero-order chi connectivity index (χ0) is 62.9. The quantitative estimate of drug-likeness (QED) is 0.127. The summed E-state index contributed by atoms with van der Waals surface area (Å²) in [7, 11) is 3.40. The Morgan fingerprint density at radius 3 is 0.651 bits per heavy atom. The Hall–Kier alpha value is 0.165. The number of hydrogen-bond donors (Lipinski definition) is 0. The summed E-state index contributed by atoms with van der Waals surface area (Å²) in [5.41, 5.74) is 5.47. The molecule has 0 radical (unpaired) electrons. The molecule has 0 atom stereocenters. The molecule has 0 aliphatic heterocycles. The molecule has 0 unspecified atom stereocenters. The van der Waals surface area contributed by atoms with E-state index in [1.165, 1.54) is 32.2 Å². The van der Waals surface area contributed by atoms with Gasteiger partial charge in [-0.1, -0.05) is 20.3 Å². The van der Waals surface area contributed by atoms with E-state index in [1.54, 1.807) is 37.8 Å². The van der Waals surface area contributed by atoms with Crippen molar-refractivity contribution in [2.75, 3.05) is 14.2 Å². The Bertz CT molecular complexity index is 2460. The third-order valence-electron chi connectivity index (χ3n) is 11.9.